The summed E-state index contributed by atoms with van der Waals surface area (Å²) in [6.07, 6.45) is 4.13. The van der Waals surface area contributed by atoms with Crippen LogP contribution in [0.15, 0.2) is 23.0 Å². The summed E-state index contributed by atoms with van der Waals surface area (Å²) in [6.45, 7) is 9.78. The van der Waals surface area contributed by atoms with Crippen molar-refractivity contribution in [2.24, 2.45) is 0 Å². The quantitative estimate of drug-likeness (QED) is 0.900. The number of aromatic nitrogens is 3. The standard InChI is InChI=1S/C13H20N4O/c1-10-15-12(16-18-10)9-17-6-5-11(8-17)7-14-13(2,3)4/h5-6,8,14H,7,9H2,1-4H3. The number of rotatable bonds is 4. The summed E-state index contributed by atoms with van der Waals surface area (Å²) in [5, 5.41) is 7.34. The first-order valence-electron chi connectivity index (χ1n) is 6.11. The van der Waals surface area contributed by atoms with Gasteiger partial charge < -0.3 is 14.4 Å². The topological polar surface area (TPSA) is 55.9 Å². The predicted octanol–water partition coefficient (Wildman–Crippen LogP) is 2.12. The Bertz CT molecular complexity index is 507. The minimum atomic E-state index is 0.132. The molecule has 0 saturated carbocycles. The summed E-state index contributed by atoms with van der Waals surface area (Å²) in [5.41, 5.74) is 1.39. The number of nitrogens with zero attached hydrogens (tertiary/aromatic N) is 3. The highest BCUT2D eigenvalue weighted by Gasteiger charge is 2.09. The Balaban J connectivity index is 1.94. The molecular formula is C13H20N4O. The van der Waals surface area contributed by atoms with Gasteiger partial charge in [-0.3, -0.25) is 0 Å². The number of nitrogens with one attached hydrogen (secondary N) is 1. The zero-order chi connectivity index (χ0) is 13.2. The first kappa shape index (κ1) is 12.8. The van der Waals surface area contributed by atoms with Crippen molar-refractivity contribution < 1.29 is 4.52 Å². The van der Waals surface area contributed by atoms with E-state index < -0.39 is 0 Å². The monoisotopic (exact) mass is 248 g/mol. The second kappa shape index (κ2) is 4.94. The molecule has 0 unspecified atom stereocenters. The lowest BCUT2D eigenvalue weighted by molar-refractivity contribution is 0.386. The smallest absolute Gasteiger partial charge is 0.223 e. The molecular weight excluding hydrogens is 228 g/mol. The van der Waals surface area contributed by atoms with Gasteiger partial charge in [-0.15, -0.1) is 0 Å². The van der Waals surface area contributed by atoms with E-state index in [1.807, 2.05) is 6.20 Å². The van der Waals surface area contributed by atoms with Crippen LogP contribution in [0.3, 0.4) is 0 Å². The van der Waals surface area contributed by atoms with E-state index >= 15 is 0 Å². The maximum Gasteiger partial charge on any atom is 0.223 e. The fourth-order valence-corrected chi connectivity index (χ4v) is 1.63. The van der Waals surface area contributed by atoms with Gasteiger partial charge in [-0.2, -0.15) is 4.98 Å². The molecule has 2 aromatic rings. The molecule has 0 fully saturated rings. The molecule has 0 aliphatic heterocycles. The fraction of sp³-hybridized carbons (Fsp3) is 0.538. The first-order valence-corrected chi connectivity index (χ1v) is 6.11. The highest BCUT2D eigenvalue weighted by atomic mass is 16.5. The highest BCUT2D eigenvalue weighted by molar-refractivity contribution is 5.11. The van der Waals surface area contributed by atoms with Crippen LogP contribution < -0.4 is 5.32 Å². The van der Waals surface area contributed by atoms with E-state index in [4.69, 9.17) is 4.52 Å². The molecule has 0 aromatic carbocycles. The normalized spacial score (nSPS) is 12.0. The van der Waals surface area contributed by atoms with Crippen molar-refractivity contribution in [3.8, 4) is 0 Å². The Morgan fingerprint density at radius 2 is 2.17 bits per heavy atom. The molecule has 18 heavy (non-hydrogen) atoms. The first-order chi connectivity index (χ1) is 8.42. The van der Waals surface area contributed by atoms with E-state index in [-0.39, 0.29) is 5.54 Å². The molecule has 5 nitrogen and oxygen atoms in total. The molecule has 0 spiro atoms. The summed E-state index contributed by atoms with van der Waals surface area (Å²) >= 11 is 0. The number of aryl methyl sites for hydroxylation is 1. The lowest BCUT2D eigenvalue weighted by Crippen LogP contribution is -2.34. The van der Waals surface area contributed by atoms with Crippen LogP contribution in [0.5, 0.6) is 0 Å². The van der Waals surface area contributed by atoms with Crippen LogP contribution in [0.1, 0.15) is 38.0 Å². The maximum absolute atomic E-state index is 4.95. The predicted molar refractivity (Wildman–Crippen MR) is 69.2 cm³/mol. The van der Waals surface area contributed by atoms with E-state index in [1.165, 1.54) is 5.56 Å². The Morgan fingerprint density at radius 3 is 2.78 bits per heavy atom. The number of hydrogen-bond acceptors (Lipinski definition) is 4. The zero-order valence-electron chi connectivity index (χ0n) is 11.4. The third-order valence-corrected chi connectivity index (χ3v) is 2.53. The lowest BCUT2D eigenvalue weighted by atomic mass is 10.1. The number of hydrogen-bond donors (Lipinski definition) is 1. The lowest BCUT2D eigenvalue weighted by Gasteiger charge is -2.19. The van der Waals surface area contributed by atoms with Gasteiger partial charge in [0.2, 0.25) is 5.89 Å². The molecule has 0 amide bonds. The summed E-state index contributed by atoms with van der Waals surface area (Å²) in [7, 11) is 0. The molecule has 2 aromatic heterocycles. The summed E-state index contributed by atoms with van der Waals surface area (Å²) in [6, 6.07) is 2.10. The van der Waals surface area contributed by atoms with Gasteiger partial charge in [0.25, 0.3) is 0 Å². The summed E-state index contributed by atoms with van der Waals surface area (Å²) in [5.74, 6) is 1.31. The third kappa shape index (κ3) is 3.70. The Labute approximate surface area is 107 Å². The van der Waals surface area contributed by atoms with Gasteiger partial charge in [0, 0.05) is 31.4 Å². The highest BCUT2D eigenvalue weighted by Crippen LogP contribution is 2.07. The van der Waals surface area contributed by atoms with Crippen molar-refractivity contribution in [1.29, 1.82) is 0 Å². The van der Waals surface area contributed by atoms with Crippen LogP contribution in [0, 0.1) is 6.92 Å². The minimum Gasteiger partial charge on any atom is -0.346 e. The second-order valence-corrected chi connectivity index (χ2v) is 5.53. The Hall–Kier alpha value is -1.62. The van der Waals surface area contributed by atoms with E-state index in [1.54, 1.807) is 6.92 Å². The molecule has 2 rings (SSSR count). The van der Waals surface area contributed by atoms with Crippen molar-refractivity contribution in [3.63, 3.8) is 0 Å². The van der Waals surface area contributed by atoms with Crippen LogP contribution in [0.25, 0.3) is 0 Å². The molecule has 2 heterocycles. The molecule has 5 heteroatoms. The van der Waals surface area contributed by atoms with Crippen LogP contribution in [0.2, 0.25) is 0 Å². The van der Waals surface area contributed by atoms with Crippen molar-refractivity contribution in [2.45, 2.75) is 46.3 Å². The van der Waals surface area contributed by atoms with Gasteiger partial charge in [-0.05, 0) is 32.4 Å². The van der Waals surface area contributed by atoms with Gasteiger partial charge in [-0.1, -0.05) is 5.16 Å². The van der Waals surface area contributed by atoms with E-state index in [2.05, 4.69) is 53.1 Å². The Morgan fingerprint density at radius 1 is 1.39 bits per heavy atom. The zero-order valence-corrected chi connectivity index (χ0v) is 11.4. The van der Waals surface area contributed by atoms with Crippen LogP contribution in [-0.2, 0) is 13.1 Å². The molecule has 0 aliphatic carbocycles. The third-order valence-electron chi connectivity index (χ3n) is 2.53. The van der Waals surface area contributed by atoms with Crippen LogP contribution >= 0.6 is 0 Å². The SMILES string of the molecule is Cc1nc(Cn2ccc(CNC(C)(C)C)c2)no1. The van der Waals surface area contributed by atoms with Crippen molar-refractivity contribution in [3.05, 3.63) is 35.7 Å². The van der Waals surface area contributed by atoms with Crippen molar-refractivity contribution >= 4 is 0 Å². The maximum atomic E-state index is 4.95. The molecule has 0 atom stereocenters. The average molecular weight is 248 g/mol. The summed E-state index contributed by atoms with van der Waals surface area (Å²) < 4.78 is 7.01. The van der Waals surface area contributed by atoms with Gasteiger partial charge in [0.15, 0.2) is 5.82 Å². The molecule has 1 N–H and O–H groups in total. The van der Waals surface area contributed by atoms with Gasteiger partial charge in [0.05, 0.1) is 6.54 Å². The molecule has 98 valence electrons. The van der Waals surface area contributed by atoms with E-state index in [0.29, 0.717) is 18.3 Å². The van der Waals surface area contributed by atoms with Crippen molar-refractivity contribution in [2.75, 3.05) is 0 Å². The minimum absolute atomic E-state index is 0.132. The molecule has 0 bridgehead atoms. The summed E-state index contributed by atoms with van der Waals surface area (Å²) in [4.78, 5) is 4.19. The van der Waals surface area contributed by atoms with Crippen LogP contribution in [0.4, 0.5) is 0 Å². The van der Waals surface area contributed by atoms with Gasteiger partial charge in [0.1, 0.15) is 0 Å². The average Bonchev–Trinajstić information content (AvgIpc) is 2.85. The van der Waals surface area contributed by atoms with Crippen LogP contribution in [-0.4, -0.2) is 20.2 Å². The van der Waals surface area contributed by atoms with E-state index in [9.17, 15) is 0 Å². The molecule has 0 radical (unpaired) electrons. The molecule has 0 aliphatic rings. The Kier molecular flexibility index (Phi) is 3.52. The second-order valence-electron chi connectivity index (χ2n) is 5.53. The van der Waals surface area contributed by atoms with E-state index in [0.717, 1.165) is 6.54 Å². The largest absolute Gasteiger partial charge is 0.346 e. The van der Waals surface area contributed by atoms with Crippen molar-refractivity contribution in [1.82, 2.24) is 20.0 Å². The van der Waals surface area contributed by atoms with Gasteiger partial charge in [-0.25, -0.2) is 0 Å². The fourth-order valence-electron chi connectivity index (χ4n) is 1.63. The molecule has 0 saturated heterocycles. The van der Waals surface area contributed by atoms with Gasteiger partial charge >= 0.3 is 0 Å².